The summed E-state index contributed by atoms with van der Waals surface area (Å²) in [5, 5.41) is 5.51. The predicted molar refractivity (Wildman–Crippen MR) is 81.8 cm³/mol. The van der Waals surface area contributed by atoms with E-state index in [9.17, 15) is 0 Å². The van der Waals surface area contributed by atoms with E-state index < -0.39 is 0 Å². The molecule has 0 fully saturated rings. The fourth-order valence-electron chi connectivity index (χ4n) is 2.17. The van der Waals surface area contributed by atoms with Gasteiger partial charge in [0.2, 0.25) is 0 Å². The molecule has 0 amide bonds. The SMILES string of the molecule is Cc1cc(C)c2cc(-c3ccsc3)cnc2c1.Cl. The van der Waals surface area contributed by atoms with Crippen molar-refractivity contribution in [3.8, 4) is 11.1 Å². The highest BCUT2D eigenvalue weighted by atomic mass is 35.5. The van der Waals surface area contributed by atoms with Crippen molar-refractivity contribution in [3.63, 3.8) is 0 Å². The molecule has 0 spiro atoms. The van der Waals surface area contributed by atoms with Crippen molar-refractivity contribution in [1.82, 2.24) is 4.98 Å². The molecule has 0 unspecified atom stereocenters. The maximum Gasteiger partial charge on any atom is 0.0707 e. The highest BCUT2D eigenvalue weighted by molar-refractivity contribution is 7.08. The van der Waals surface area contributed by atoms with Crippen LogP contribution in [0.15, 0.2) is 41.2 Å². The summed E-state index contributed by atoms with van der Waals surface area (Å²) in [4.78, 5) is 4.56. The van der Waals surface area contributed by atoms with Gasteiger partial charge in [0.25, 0.3) is 0 Å². The van der Waals surface area contributed by atoms with Gasteiger partial charge in [-0.2, -0.15) is 11.3 Å². The number of aryl methyl sites for hydroxylation is 2. The van der Waals surface area contributed by atoms with Crippen molar-refractivity contribution in [2.45, 2.75) is 13.8 Å². The molecule has 0 saturated carbocycles. The molecule has 0 radical (unpaired) electrons. The van der Waals surface area contributed by atoms with Crippen LogP contribution in [0.25, 0.3) is 22.0 Å². The van der Waals surface area contributed by atoms with Gasteiger partial charge >= 0.3 is 0 Å². The molecule has 0 atom stereocenters. The summed E-state index contributed by atoms with van der Waals surface area (Å²) >= 11 is 1.72. The first-order valence-corrected chi connectivity index (χ1v) is 6.58. The van der Waals surface area contributed by atoms with Gasteiger partial charge in [-0.3, -0.25) is 4.98 Å². The van der Waals surface area contributed by atoms with Crippen LogP contribution in [0, 0.1) is 13.8 Å². The molecule has 0 aliphatic heterocycles. The summed E-state index contributed by atoms with van der Waals surface area (Å²) in [6.45, 7) is 4.26. The van der Waals surface area contributed by atoms with E-state index in [0.717, 1.165) is 5.52 Å². The second kappa shape index (κ2) is 5.09. The summed E-state index contributed by atoms with van der Waals surface area (Å²) in [5.74, 6) is 0. The van der Waals surface area contributed by atoms with Crippen molar-refractivity contribution in [3.05, 3.63) is 52.3 Å². The lowest BCUT2D eigenvalue weighted by atomic mass is 10.0. The number of hydrogen-bond acceptors (Lipinski definition) is 2. The first-order chi connectivity index (χ1) is 8.24. The summed E-state index contributed by atoms with van der Waals surface area (Å²) in [5.41, 5.74) is 6.10. The minimum Gasteiger partial charge on any atom is -0.256 e. The van der Waals surface area contributed by atoms with Gasteiger partial charge < -0.3 is 0 Å². The fourth-order valence-corrected chi connectivity index (χ4v) is 2.83. The monoisotopic (exact) mass is 275 g/mol. The topological polar surface area (TPSA) is 12.9 Å². The average molecular weight is 276 g/mol. The Morgan fingerprint density at radius 1 is 1.06 bits per heavy atom. The molecule has 3 heteroatoms. The van der Waals surface area contributed by atoms with Crippen LogP contribution in [-0.4, -0.2) is 4.98 Å². The number of hydrogen-bond donors (Lipinski definition) is 0. The number of thiophene rings is 1. The Morgan fingerprint density at radius 3 is 2.61 bits per heavy atom. The zero-order valence-corrected chi connectivity index (χ0v) is 11.9. The van der Waals surface area contributed by atoms with E-state index in [-0.39, 0.29) is 12.4 Å². The predicted octanol–water partition coefficient (Wildman–Crippen LogP) is 5.00. The lowest BCUT2D eigenvalue weighted by molar-refractivity contribution is 1.36. The summed E-state index contributed by atoms with van der Waals surface area (Å²) in [7, 11) is 0. The normalized spacial score (nSPS) is 10.3. The Bertz CT molecular complexity index is 674. The van der Waals surface area contributed by atoms with Gasteiger partial charge in [-0.05, 0) is 59.5 Å². The molecule has 92 valence electrons. The van der Waals surface area contributed by atoms with Gasteiger partial charge in [-0.25, -0.2) is 0 Å². The van der Waals surface area contributed by atoms with Gasteiger partial charge in [0, 0.05) is 17.1 Å². The quantitative estimate of drug-likeness (QED) is 0.609. The molecule has 18 heavy (non-hydrogen) atoms. The minimum absolute atomic E-state index is 0. The first kappa shape index (κ1) is 13.1. The van der Waals surface area contributed by atoms with E-state index >= 15 is 0 Å². The molecule has 2 aromatic heterocycles. The molecule has 0 saturated heterocycles. The van der Waals surface area contributed by atoms with Crippen LogP contribution < -0.4 is 0 Å². The first-order valence-electron chi connectivity index (χ1n) is 5.63. The molecular formula is C15H14ClNS. The molecule has 1 nitrogen and oxygen atoms in total. The van der Waals surface area contributed by atoms with E-state index in [4.69, 9.17) is 0 Å². The molecule has 1 aromatic carbocycles. The highest BCUT2D eigenvalue weighted by Gasteiger charge is 2.04. The van der Waals surface area contributed by atoms with Crippen molar-refractivity contribution >= 4 is 34.6 Å². The third kappa shape index (κ3) is 2.26. The number of aromatic nitrogens is 1. The number of halogens is 1. The Balaban J connectivity index is 0.00000120. The zero-order chi connectivity index (χ0) is 11.8. The van der Waals surface area contributed by atoms with Crippen molar-refractivity contribution in [2.75, 3.05) is 0 Å². The average Bonchev–Trinajstić information content (AvgIpc) is 2.82. The molecule has 0 aliphatic rings. The summed E-state index contributed by atoms with van der Waals surface area (Å²) in [6, 6.07) is 8.72. The Kier molecular flexibility index (Phi) is 3.69. The smallest absolute Gasteiger partial charge is 0.0707 e. The van der Waals surface area contributed by atoms with Crippen LogP contribution in [0.5, 0.6) is 0 Å². The third-order valence-electron chi connectivity index (χ3n) is 3.01. The number of benzene rings is 1. The standard InChI is InChI=1S/C15H13NS.ClH/c1-10-5-11(2)14-7-13(8-16-15(14)6-10)12-3-4-17-9-12;/h3-9H,1-2H3;1H. The molecule has 0 aliphatic carbocycles. The highest BCUT2D eigenvalue weighted by Crippen LogP contribution is 2.26. The van der Waals surface area contributed by atoms with E-state index in [2.05, 4.69) is 53.9 Å². The minimum atomic E-state index is 0. The number of fused-ring (bicyclic) bond motifs is 1. The van der Waals surface area contributed by atoms with Crippen molar-refractivity contribution in [2.24, 2.45) is 0 Å². The number of pyridine rings is 1. The van der Waals surface area contributed by atoms with Gasteiger partial charge in [0.05, 0.1) is 5.52 Å². The van der Waals surface area contributed by atoms with Crippen LogP contribution in [0.1, 0.15) is 11.1 Å². The lowest BCUT2D eigenvalue weighted by Crippen LogP contribution is -1.86. The fraction of sp³-hybridized carbons (Fsp3) is 0.133. The van der Waals surface area contributed by atoms with Crippen LogP contribution in [0.2, 0.25) is 0 Å². The molecule has 0 bridgehead atoms. The van der Waals surface area contributed by atoms with Gasteiger partial charge in [0.15, 0.2) is 0 Å². The summed E-state index contributed by atoms with van der Waals surface area (Å²) < 4.78 is 0. The van der Waals surface area contributed by atoms with Crippen LogP contribution >= 0.6 is 23.7 Å². The molecular weight excluding hydrogens is 262 g/mol. The van der Waals surface area contributed by atoms with Crippen molar-refractivity contribution in [1.29, 1.82) is 0 Å². The van der Waals surface area contributed by atoms with Crippen LogP contribution in [0.4, 0.5) is 0 Å². The Hall–Kier alpha value is -1.38. The Labute approximate surface area is 117 Å². The van der Waals surface area contributed by atoms with Crippen LogP contribution in [0.3, 0.4) is 0 Å². The second-order valence-electron chi connectivity index (χ2n) is 4.38. The second-order valence-corrected chi connectivity index (χ2v) is 5.16. The molecule has 2 heterocycles. The van der Waals surface area contributed by atoms with E-state index in [0.29, 0.717) is 0 Å². The van der Waals surface area contributed by atoms with E-state index in [1.165, 1.54) is 27.6 Å². The molecule has 0 N–H and O–H groups in total. The molecule has 3 rings (SSSR count). The Morgan fingerprint density at radius 2 is 1.89 bits per heavy atom. The third-order valence-corrected chi connectivity index (χ3v) is 3.69. The van der Waals surface area contributed by atoms with Crippen LogP contribution in [-0.2, 0) is 0 Å². The molecule has 3 aromatic rings. The van der Waals surface area contributed by atoms with E-state index in [1.807, 2.05) is 6.20 Å². The summed E-state index contributed by atoms with van der Waals surface area (Å²) in [6.07, 6.45) is 1.96. The maximum atomic E-state index is 4.56. The van der Waals surface area contributed by atoms with Gasteiger partial charge in [-0.1, -0.05) is 6.07 Å². The zero-order valence-electron chi connectivity index (χ0n) is 10.3. The number of rotatable bonds is 1. The lowest BCUT2D eigenvalue weighted by Gasteiger charge is -2.05. The van der Waals surface area contributed by atoms with Gasteiger partial charge in [0.1, 0.15) is 0 Å². The number of nitrogens with zero attached hydrogens (tertiary/aromatic N) is 1. The largest absolute Gasteiger partial charge is 0.256 e. The van der Waals surface area contributed by atoms with Crippen molar-refractivity contribution < 1.29 is 0 Å². The van der Waals surface area contributed by atoms with Gasteiger partial charge in [-0.15, -0.1) is 12.4 Å². The van der Waals surface area contributed by atoms with E-state index in [1.54, 1.807) is 11.3 Å². The maximum absolute atomic E-state index is 4.56.